The Labute approximate surface area is 169 Å². The van der Waals surface area contributed by atoms with Gasteiger partial charge in [-0.2, -0.15) is 0 Å². The van der Waals surface area contributed by atoms with E-state index in [4.69, 9.17) is 9.47 Å². The van der Waals surface area contributed by atoms with Crippen molar-refractivity contribution >= 4 is 29.3 Å². The molecule has 1 aliphatic rings. The van der Waals surface area contributed by atoms with Crippen LogP contribution in [-0.2, 0) is 9.47 Å². The number of nitrogens with zero attached hydrogens (tertiary/aromatic N) is 2. The summed E-state index contributed by atoms with van der Waals surface area (Å²) < 4.78 is 9.56. The smallest absolute Gasteiger partial charge is 0.339 e. The van der Waals surface area contributed by atoms with Crippen LogP contribution in [0.4, 0.5) is 16.2 Å². The van der Waals surface area contributed by atoms with Crippen molar-refractivity contribution in [1.82, 2.24) is 4.90 Å². The van der Waals surface area contributed by atoms with Crippen LogP contribution < -0.4 is 10.2 Å². The van der Waals surface area contributed by atoms with Crippen molar-refractivity contribution in [1.29, 1.82) is 0 Å². The summed E-state index contributed by atoms with van der Waals surface area (Å²) in [6, 6.07) is 13.6. The number of hydrogen-bond acceptors (Lipinski definition) is 6. The number of nitrogens with one attached hydrogen (secondary N) is 1. The minimum atomic E-state index is -0.459. The first kappa shape index (κ1) is 20.2. The number of benzene rings is 2. The SMILES string of the molecule is COC(=O)c1cccc(NC(=O)N2CCN(c3ccccc3C(=O)OC)CC2)c1. The standard InChI is InChI=1S/C21H23N3O5/c1-28-19(25)15-6-5-7-16(14-15)22-21(27)24-12-10-23(11-13-24)18-9-4-3-8-17(18)20(26)29-2/h3-9,14H,10-13H2,1-2H3,(H,22,27). The summed E-state index contributed by atoms with van der Waals surface area (Å²) in [4.78, 5) is 40.0. The van der Waals surface area contributed by atoms with E-state index in [1.54, 1.807) is 41.3 Å². The van der Waals surface area contributed by atoms with Crippen molar-refractivity contribution in [3.8, 4) is 0 Å². The Morgan fingerprint density at radius 1 is 0.862 bits per heavy atom. The highest BCUT2D eigenvalue weighted by Gasteiger charge is 2.24. The minimum Gasteiger partial charge on any atom is -0.465 e. The van der Waals surface area contributed by atoms with Gasteiger partial charge in [-0.1, -0.05) is 18.2 Å². The molecule has 8 heteroatoms. The zero-order valence-corrected chi connectivity index (χ0v) is 16.4. The molecule has 0 atom stereocenters. The van der Waals surface area contributed by atoms with Gasteiger partial charge >= 0.3 is 18.0 Å². The van der Waals surface area contributed by atoms with Crippen LogP contribution in [0, 0.1) is 0 Å². The molecular weight excluding hydrogens is 374 g/mol. The van der Waals surface area contributed by atoms with E-state index in [9.17, 15) is 14.4 Å². The highest BCUT2D eigenvalue weighted by atomic mass is 16.5. The van der Waals surface area contributed by atoms with Gasteiger partial charge in [-0.25, -0.2) is 14.4 Å². The Balaban J connectivity index is 1.62. The molecule has 2 amide bonds. The zero-order chi connectivity index (χ0) is 20.8. The molecule has 1 fully saturated rings. The number of anilines is 2. The van der Waals surface area contributed by atoms with Crippen molar-refractivity contribution in [3.05, 3.63) is 59.7 Å². The molecule has 8 nitrogen and oxygen atoms in total. The summed E-state index contributed by atoms with van der Waals surface area (Å²) in [5.41, 5.74) is 2.20. The van der Waals surface area contributed by atoms with Crippen LogP contribution >= 0.6 is 0 Å². The maximum absolute atomic E-state index is 12.6. The fourth-order valence-electron chi connectivity index (χ4n) is 3.23. The van der Waals surface area contributed by atoms with Crippen molar-refractivity contribution in [2.24, 2.45) is 0 Å². The third-order valence-electron chi connectivity index (χ3n) is 4.75. The lowest BCUT2D eigenvalue weighted by Crippen LogP contribution is -2.50. The Bertz CT molecular complexity index is 907. The minimum absolute atomic E-state index is 0.243. The number of methoxy groups -OCH3 is 2. The number of ether oxygens (including phenoxy) is 2. The van der Waals surface area contributed by atoms with Crippen molar-refractivity contribution in [2.75, 3.05) is 50.6 Å². The average Bonchev–Trinajstić information content (AvgIpc) is 2.78. The molecule has 1 heterocycles. The molecule has 0 bridgehead atoms. The molecule has 1 N–H and O–H groups in total. The van der Waals surface area contributed by atoms with Crippen molar-refractivity contribution < 1.29 is 23.9 Å². The summed E-state index contributed by atoms with van der Waals surface area (Å²) in [7, 11) is 2.67. The number of carbonyl (C=O) groups excluding carboxylic acids is 3. The third-order valence-corrected chi connectivity index (χ3v) is 4.75. The fourth-order valence-corrected chi connectivity index (χ4v) is 3.23. The molecule has 2 aromatic rings. The topological polar surface area (TPSA) is 88.2 Å². The van der Waals surface area contributed by atoms with Gasteiger partial charge in [-0.15, -0.1) is 0 Å². The molecule has 0 radical (unpaired) electrons. The van der Waals surface area contributed by atoms with Crippen LogP contribution in [0.3, 0.4) is 0 Å². The van der Waals surface area contributed by atoms with Crippen LogP contribution in [0.1, 0.15) is 20.7 Å². The number of hydrogen-bond donors (Lipinski definition) is 1. The number of piperazine rings is 1. The van der Waals surface area contributed by atoms with E-state index in [2.05, 4.69) is 10.2 Å². The third kappa shape index (κ3) is 4.66. The molecule has 0 aliphatic carbocycles. The lowest BCUT2D eigenvalue weighted by Gasteiger charge is -2.36. The van der Waals surface area contributed by atoms with Gasteiger partial charge in [-0.05, 0) is 30.3 Å². The highest BCUT2D eigenvalue weighted by Crippen LogP contribution is 2.23. The molecule has 1 saturated heterocycles. The number of amides is 2. The van der Waals surface area contributed by atoms with Gasteiger partial charge in [0, 0.05) is 31.9 Å². The van der Waals surface area contributed by atoms with Crippen LogP contribution in [0.25, 0.3) is 0 Å². The second kappa shape index (κ2) is 9.09. The monoisotopic (exact) mass is 397 g/mol. The van der Waals surface area contributed by atoms with Gasteiger partial charge < -0.3 is 24.6 Å². The van der Waals surface area contributed by atoms with Crippen molar-refractivity contribution in [2.45, 2.75) is 0 Å². The predicted molar refractivity (Wildman–Crippen MR) is 108 cm³/mol. The Morgan fingerprint density at radius 2 is 1.55 bits per heavy atom. The van der Waals surface area contributed by atoms with E-state index in [0.717, 1.165) is 5.69 Å². The van der Waals surface area contributed by atoms with E-state index in [1.165, 1.54) is 14.2 Å². The van der Waals surface area contributed by atoms with Crippen molar-refractivity contribution in [3.63, 3.8) is 0 Å². The fraction of sp³-hybridized carbons (Fsp3) is 0.286. The first-order valence-corrected chi connectivity index (χ1v) is 9.20. The number of urea groups is 1. The average molecular weight is 397 g/mol. The summed E-state index contributed by atoms with van der Waals surface area (Å²) in [6.45, 7) is 2.17. The second-order valence-corrected chi connectivity index (χ2v) is 6.49. The number of para-hydroxylation sites is 1. The van der Waals surface area contributed by atoms with Gasteiger partial charge in [0.25, 0.3) is 0 Å². The molecular formula is C21H23N3O5. The molecule has 0 aromatic heterocycles. The molecule has 29 heavy (non-hydrogen) atoms. The van der Waals surface area contributed by atoms with Gasteiger partial charge in [0.15, 0.2) is 0 Å². The Kier molecular flexibility index (Phi) is 6.33. The zero-order valence-electron chi connectivity index (χ0n) is 16.4. The largest absolute Gasteiger partial charge is 0.465 e. The quantitative estimate of drug-likeness (QED) is 0.798. The second-order valence-electron chi connectivity index (χ2n) is 6.49. The highest BCUT2D eigenvalue weighted by molar-refractivity contribution is 5.96. The number of rotatable bonds is 4. The summed E-state index contributed by atoms with van der Waals surface area (Å²) >= 11 is 0. The van der Waals surface area contributed by atoms with E-state index in [1.807, 2.05) is 12.1 Å². The van der Waals surface area contributed by atoms with Gasteiger partial charge in [-0.3, -0.25) is 0 Å². The molecule has 152 valence electrons. The Morgan fingerprint density at radius 3 is 2.24 bits per heavy atom. The van der Waals surface area contributed by atoms with Gasteiger partial charge in [0.05, 0.1) is 31.0 Å². The maximum Gasteiger partial charge on any atom is 0.339 e. The molecule has 3 rings (SSSR count). The molecule has 2 aromatic carbocycles. The molecule has 1 aliphatic heterocycles. The molecule has 0 unspecified atom stereocenters. The molecule has 0 spiro atoms. The van der Waals surface area contributed by atoms with Gasteiger partial charge in [0.2, 0.25) is 0 Å². The van der Waals surface area contributed by atoms with Gasteiger partial charge in [0.1, 0.15) is 0 Å². The first-order valence-electron chi connectivity index (χ1n) is 9.20. The first-order chi connectivity index (χ1) is 14.0. The van der Waals surface area contributed by atoms with E-state index < -0.39 is 5.97 Å². The van der Waals surface area contributed by atoms with E-state index in [0.29, 0.717) is 43.0 Å². The van der Waals surface area contributed by atoms with Crippen LogP contribution in [-0.4, -0.2) is 63.3 Å². The lowest BCUT2D eigenvalue weighted by molar-refractivity contribution is 0.0592. The van der Waals surface area contributed by atoms with E-state index >= 15 is 0 Å². The number of esters is 2. The predicted octanol–water partition coefficient (Wildman–Crippen LogP) is 2.61. The van der Waals surface area contributed by atoms with E-state index in [-0.39, 0.29) is 12.0 Å². The van der Waals surface area contributed by atoms with Crippen LogP contribution in [0.2, 0.25) is 0 Å². The van der Waals surface area contributed by atoms with Crippen LogP contribution in [0.5, 0.6) is 0 Å². The molecule has 0 saturated carbocycles. The number of carbonyl (C=O) groups is 3. The summed E-state index contributed by atoms with van der Waals surface area (Å²) in [5.74, 6) is -0.842. The normalized spacial score (nSPS) is 13.6. The Hall–Kier alpha value is -3.55. The lowest BCUT2D eigenvalue weighted by atomic mass is 10.1. The summed E-state index contributed by atoms with van der Waals surface area (Å²) in [5, 5.41) is 2.81. The van der Waals surface area contributed by atoms with Crippen LogP contribution in [0.15, 0.2) is 48.5 Å². The summed E-state index contributed by atoms with van der Waals surface area (Å²) in [6.07, 6.45) is 0. The maximum atomic E-state index is 12.6.